The third kappa shape index (κ3) is 4.91. The van der Waals surface area contributed by atoms with E-state index in [0.717, 1.165) is 67.8 Å². The van der Waals surface area contributed by atoms with E-state index in [1.54, 1.807) is 0 Å². The van der Waals surface area contributed by atoms with Crippen LogP contribution in [0.5, 0.6) is 0 Å². The smallest absolute Gasteiger partial charge is 0.251 e. The Labute approximate surface area is 179 Å². The van der Waals surface area contributed by atoms with E-state index in [4.69, 9.17) is 0 Å². The first-order chi connectivity index (χ1) is 14.6. The third-order valence-corrected chi connectivity index (χ3v) is 6.22. The first-order valence-electron chi connectivity index (χ1n) is 11.0. The Balaban J connectivity index is 1.18. The molecule has 1 aliphatic rings. The number of piperazine rings is 1. The Kier molecular flexibility index (Phi) is 6.50. The minimum atomic E-state index is 0.0165. The zero-order chi connectivity index (χ0) is 20.9. The molecule has 0 spiro atoms. The summed E-state index contributed by atoms with van der Waals surface area (Å²) in [6.07, 6.45) is 0.981. The maximum Gasteiger partial charge on any atom is 0.251 e. The standard InChI is InChI=1S/C25H32N4O/c1-19-20(2)27-24-10-9-22(17-23(19)24)25(30)26-11-6-12-28-13-15-29(16-14-28)18-21-7-4-3-5-8-21/h3-5,7-10,17,27H,6,11-16,18H2,1-2H3,(H,26,30). The monoisotopic (exact) mass is 404 g/mol. The molecule has 2 aromatic carbocycles. The van der Waals surface area contributed by atoms with Crippen molar-refractivity contribution in [1.29, 1.82) is 0 Å². The normalized spacial score (nSPS) is 15.5. The number of aromatic amines is 1. The number of carbonyl (C=O) groups is 1. The van der Waals surface area contributed by atoms with Gasteiger partial charge in [0.2, 0.25) is 0 Å². The molecule has 0 bridgehead atoms. The summed E-state index contributed by atoms with van der Waals surface area (Å²) >= 11 is 0. The maximum absolute atomic E-state index is 12.5. The molecule has 1 saturated heterocycles. The van der Waals surface area contributed by atoms with Gasteiger partial charge in [0.25, 0.3) is 5.91 Å². The van der Waals surface area contributed by atoms with Gasteiger partial charge in [-0.2, -0.15) is 0 Å². The summed E-state index contributed by atoms with van der Waals surface area (Å²) in [4.78, 5) is 20.9. The molecule has 1 aromatic heterocycles. The zero-order valence-corrected chi connectivity index (χ0v) is 18.1. The Hall–Kier alpha value is -2.63. The van der Waals surface area contributed by atoms with Crippen LogP contribution in [0.4, 0.5) is 0 Å². The van der Waals surface area contributed by atoms with E-state index in [-0.39, 0.29) is 5.91 Å². The van der Waals surface area contributed by atoms with Crippen LogP contribution in [0.25, 0.3) is 10.9 Å². The lowest BCUT2D eigenvalue weighted by Gasteiger charge is -2.34. The van der Waals surface area contributed by atoms with Crippen LogP contribution in [0.2, 0.25) is 0 Å². The molecule has 1 amide bonds. The van der Waals surface area contributed by atoms with Crippen molar-refractivity contribution in [3.63, 3.8) is 0 Å². The van der Waals surface area contributed by atoms with Crippen molar-refractivity contribution in [2.75, 3.05) is 39.3 Å². The first kappa shape index (κ1) is 20.6. The molecule has 0 aliphatic carbocycles. The molecule has 0 saturated carbocycles. The SMILES string of the molecule is Cc1[nH]c2ccc(C(=O)NCCCN3CCN(Cc4ccccc4)CC3)cc2c1C. The number of nitrogens with one attached hydrogen (secondary N) is 2. The number of rotatable bonds is 7. The second kappa shape index (κ2) is 9.45. The zero-order valence-electron chi connectivity index (χ0n) is 18.1. The summed E-state index contributed by atoms with van der Waals surface area (Å²) in [5, 5.41) is 4.22. The number of amides is 1. The number of aryl methyl sites for hydroxylation is 2. The lowest BCUT2D eigenvalue weighted by atomic mass is 10.1. The van der Waals surface area contributed by atoms with Crippen molar-refractivity contribution in [1.82, 2.24) is 20.1 Å². The van der Waals surface area contributed by atoms with Gasteiger partial charge in [-0.25, -0.2) is 0 Å². The van der Waals surface area contributed by atoms with Crippen LogP contribution >= 0.6 is 0 Å². The quantitative estimate of drug-likeness (QED) is 0.590. The van der Waals surface area contributed by atoms with Crippen LogP contribution in [-0.2, 0) is 6.54 Å². The van der Waals surface area contributed by atoms with E-state index in [0.29, 0.717) is 6.54 Å². The van der Waals surface area contributed by atoms with E-state index >= 15 is 0 Å². The Bertz CT molecular complexity index is 987. The van der Waals surface area contributed by atoms with Gasteiger partial charge in [-0.05, 0) is 56.1 Å². The second-order valence-electron chi connectivity index (χ2n) is 8.35. The molecule has 3 aromatic rings. The van der Waals surface area contributed by atoms with E-state index in [2.05, 4.69) is 64.3 Å². The lowest BCUT2D eigenvalue weighted by Crippen LogP contribution is -2.46. The van der Waals surface area contributed by atoms with Crippen LogP contribution in [0.1, 0.15) is 33.6 Å². The highest BCUT2D eigenvalue weighted by Crippen LogP contribution is 2.22. The number of fused-ring (bicyclic) bond motifs is 1. The van der Waals surface area contributed by atoms with Gasteiger partial charge in [0.1, 0.15) is 0 Å². The first-order valence-corrected chi connectivity index (χ1v) is 11.0. The van der Waals surface area contributed by atoms with E-state index in [1.807, 2.05) is 18.2 Å². The number of hydrogen-bond acceptors (Lipinski definition) is 3. The van der Waals surface area contributed by atoms with Gasteiger partial charge in [0.15, 0.2) is 0 Å². The van der Waals surface area contributed by atoms with Gasteiger partial charge in [-0.15, -0.1) is 0 Å². The highest BCUT2D eigenvalue weighted by atomic mass is 16.1. The third-order valence-electron chi connectivity index (χ3n) is 6.22. The molecule has 5 heteroatoms. The second-order valence-corrected chi connectivity index (χ2v) is 8.35. The van der Waals surface area contributed by atoms with Crippen molar-refractivity contribution >= 4 is 16.8 Å². The predicted octanol–water partition coefficient (Wildman–Crippen LogP) is 3.72. The molecule has 4 rings (SSSR count). The summed E-state index contributed by atoms with van der Waals surface area (Å²) in [7, 11) is 0. The molecule has 1 fully saturated rings. The molecule has 158 valence electrons. The number of H-pyrrole nitrogens is 1. The van der Waals surface area contributed by atoms with Crippen molar-refractivity contribution in [3.8, 4) is 0 Å². The lowest BCUT2D eigenvalue weighted by molar-refractivity contribution is 0.0947. The van der Waals surface area contributed by atoms with Crippen molar-refractivity contribution < 1.29 is 4.79 Å². The Morgan fingerprint density at radius 2 is 1.73 bits per heavy atom. The van der Waals surface area contributed by atoms with Crippen LogP contribution in [-0.4, -0.2) is 60.0 Å². The fourth-order valence-corrected chi connectivity index (χ4v) is 4.22. The number of benzene rings is 2. The minimum absolute atomic E-state index is 0.0165. The molecule has 0 radical (unpaired) electrons. The maximum atomic E-state index is 12.5. The largest absolute Gasteiger partial charge is 0.358 e. The Morgan fingerprint density at radius 1 is 1.00 bits per heavy atom. The van der Waals surface area contributed by atoms with Crippen LogP contribution in [0.15, 0.2) is 48.5 Å². The summed E-state index contributed by atoms with van der Waals surface area (Å²) in [5.74, 6) is 0.0165. The number of hydrogen-bond donors (Lipinski definition) is 2. The van der Waals surface area contributed by atoms with Crippen LogP contribution in [0, 0.1) is 13.8 Å². The van der Waals surface area contributed by atoms with Gasteiger partial charge in [-0.1, -0.05) is 30.3 Å². The highest BCUT2D eigenvalue weighted by molar-refractivity contribution is 5.99. The molecular weight excluding hydrogens is 372 g/mol. The van der Waals surface area contributed by atoms with Gasteiger partial charge in [0, 0.05) is 61.4 Å². The van der Waals surface area contributed by atoms with Crippen molar-refractivity contribution in [3.05, 3.63) is 70.9 Å². The summed E-state index contributed by atoms with van der Waals surface area (Å²) < 4.78 is 0. The number of nitrogens with zero attached hydrogens (tertiary/aromatic N) is 2. The molecule has 1 aliphatic heterocycles. The molecule has 30 heavy (non-hydrogen) atoms. The van der Waals surface area contributed by atoms with Crippen molar-refractivity contribution in [2.24, 2.45) is 0 Å². The fraction of sp³-hybridized carbons (Fsp3) is 0.400. The Morgan fingerprint density at radius 3 is 2.50 bits per heavy atom. The molecule has 2 N–H and O–H groups in total. The molecule has 0 atom stereocenters. The van der Waals surface area contributed by atoms with Gasteiger partial charge in [-0.3, -0.25) is 9.69 Å². The number of carbonyl (C=O) groups excluding carboxylic acids is 1. The average molecular weight is 405 g/mol. The molecular formula is C25H32N4O. The van der Waals surface area contributed by atoms with Crippen LogP contribution < -0.4 is 5.32 Å². The fourth-order valence-electron chi connectivity index (χ4n) is 4.22. The predicted molar refractivity (Wildman–Crippen MR) is 123 cm³/mol. The van der Waals surface area contributed by atoms with E-state index < -0.39 is 0 Å². The van der Waals surface area contributed by atoms with Gasteiger partial charge >= 0.3 is 0 Å². The number of aromatic nitrogens is 1. The highest BCUT2D eigenvalue weighted by Gasteiger charge is 2.16. The van der Waals surface area contributed by atoms with Crippen molar-refractivity contribution in [2.45, 2.75) is 26.8 Å². The van der Waals surface area contributed by atoms with E-state index in [9.17, 15) is 4.79 Å². The van der Waals surface area contributed by atoms with Gasteiger partial charge in [0.05, 0.1) is 0 Å². The van der Waals surface area contributed by atoms with E-state index in [1.165, 1.54) is 11.1 Å². The topological polar surface area (TPSA) is 51.4 Å². The molecule has 0 unspecified atom stereocenters. The molecule has 2 heterocycles. The van der Waals surface area contributed by atoms with Gasteiger partial charge < -0.3 is 15.2 Å². The average Bonchev–Trinajstić information content (AvgIpc) is 3.06. The van der Waals surface area contributed by atoms with Crippen LogP contribution in [0.3, 0.4) is 0 Å². The summed E-state index contributed by atoms with van der Waals surface area (Å²) in [6, 6.07) is 16.6. The summed E-state index contributed by atoms with van der Waals surface area (Å²) in [6.45, 7) is 11.4. The summed E-state index contributed by atoms with van der Waals surface area (Å²) in [5.41, 5.74) is 5.58. The minimum Gasteiger partial charge on any atom is -0.358 e. The molecule has 5 nitrogen and oxygen atoms in total.